The molecule has 3 rings (SSSR count). The van der Waals surface area contributed by atoms with Crippen molar-refractivity contribution in [3.05, 3.63) is 71.1 Å². The number of rotatable bonds is 7. The van der Waals surface area contributed by atoms with Gasteiger partial charge in [0.1, 0.15) is 17.3 Å². The molecule has 146 valence electrons. The molecule has 1 aliphatic rings. The number of nitrogens with one attached hydrogen (secondary N) is 2. The first-order valence-corrected chi connectivity index (χ1v) is 8.81. The van der Waals surface area contributed by atoms with Gasteiger partial charge in [0.25, 0.3) is 5.91 Å². The number of halogens is 1. The summed E-state index contributed by atoms with van der Waals surface area (Å²) in [6.07, 6.45) is 1.87. The van der Waals surface area contributed by atoms with E-state index in [4.69, 9.17) is 9.47 Å². The van der Waals surface area contributed by atoms with Gasteiger partial charge in [-0.15, -0.1) is 0 Å². The predicted octanol–water partition coefficient (Wildman–Crippen LogP) is 2.50. The molecule has 0 unspecified atom stereocenters. The van der Waals surface area contributed by atoms with E-state index >= 15 is 0 Å². The first-order chi connectivity index (χ1) is 13.5. The Bertz CT molecular complexity index is 927. The van der Waals surface area contributed by atoms with Crippen LogP contribution in [0.3, 0.4) is 0 Å². The molecule has 2 aromatic rings. The SMILES string of the molecule is C=CC(=O)NCc1ccc(CNC(=O)c2cc(OC)cc3c2OCC3)c(F)c1. The van der Waals surface area contributed by atoms with Crippen molar-refractivity contribution in [3.63, 3.8) is 0 Å². The summed E-state index contributed by atoms with van der Waals surface area (Å²) < 4.78 is 25.1. The van der Waals surface area contributed by atoms with Crippen LogP contribution in [0.25, 0.3) is 0 Å². The maximum atomic E-state index is 14.3. The average molecular weight is 384 g/mol. The van der Waals surface area contributed by atoms with Crippen LogP contribution in [0.1, 0.15) is 27.0 Å². The van der Waals surface area contributed by atoms with Gasteiger partial charge in [-0.3, -0.25) is 9.59 Å². The maximum Gasteiger partial charge on any atom is 0.255 e. The Morgan fingerprint density at radius 3 is 2.79 bits per heavy atom. The number of benzene rings is 2. The molecule has 6 nitrogen and oxygen atoms in total. The number of fused-ring (bicyclic) bond motifs is 1. The van der Waals surface area contributed by atoms with Gasteiger partial charge in [0, 0.05) is 30.6 Å². The Morgan fingerprint density at radius 1 is 1.25 bits per heavy atom. The highest BCUT2D eigenvalue weighted by molar-refractivity contribution is 5.98. The number of hydrogen-bond acceptors (Lipinski definition) is 4. The second-order valence-corrected chi connectivity index (χ2v) is 6.29. The zero-order valence-corrected chi connectivity index (χ0v) is 15.5. The summed E-state index contributed by atoms with van der Waals surface area (Å²) in [6, 6.07) is 8.07. The Kier molecular flexibility index (Phi) is 5.93. The van der Waals surface area contributed by atoms with Gasteiger partial charge in [-0.05, 0) is 29.8 Å². The first kappa shape index (κ1) is 19.4. The summed E-state index contributed by atoms with van der Waals surface area (Å²) in [6.45, 7) is 4.09. The molecule has 0 fully saturated rings. The molecule has 0 spiro atoms. The van der Waals surface area contributed by atoms with Crippen LogP contribution in [-0.4, -0.2) is 25.5 Å². The zero-order valence-electron chi connectivity index (χ0n) is 15.5. The number of carbonyl (C=O) groups is 2. The minimum Gasteiger partial charge on any atom is -0.497 e. The average Bonchev–Trinajstić information content (AvgIpc) is 3.18. The van der Waals surface area contributed by atoms with E-state index in [1.54, 1.807) is 18.2 Å². The lowest BCUT2D eigenvalue weighted by atomic mass is 10.1. The molecule has 0 atom stereocenters. The summed E-state index contributed by atoms with van der Waals surface area (Å²) in [5.74, 6) is -0.0279. The Morgan fingerprint density at radius 2 is 2.07 bits per heavy atom. The van der Waals surface area contributed by atoms with Crippen LogP contribution in [0.15, 0.2) is 43.0 Å². The fourth-order valence-electron chi connectivity index (χ4n) is 2.94. The lowest BCUT2D eigenvalue weighted by Crippen LogP contribution is -2.24. The van der Waals surface area contributed by atoms with Crippen LogP contribution < -0.4 is 20.1 Å². The van der Waals surface area contributed by atoms with Crippen molar-refractivity contribution in [3.8, 4) is 11.5 Å². The molecule has 1 heterocycles. The monoisotopic (exact) mass is 384 g/mol. The highest BCUT2D eigenvalue weighted by Crippen LogP contribution is 2.33. The highest BCUT2D eigenvalue weighted by atomic mass is 19.1. The molecule has 0 radical (unpaired) electrons. The topological polar surface area (TPSA) is 76.7 Å². The summed E-state index contributed by atoms with van der Waals surface area (Å²) in [5.41, 5.74) is 2.24. The second-order valence-electron chi connectivity index (χ2n) is 6.29. The van der Waals surface area contributed by atoms with Gasteiger partial charge in [0.15, 0.2) is 0 Å². The second kappa shape index (κ2) is 8.56. The number of ether oxygens (including phenoxy) is 2. The smallest absolute Gasteiger partial charge is 0.255 e. The quantitative estimate of drug-likeness (QED) is 0.719. The van der Waals surface area contributed by atoms with Gasteiger partial charge >= 0.3 is 0 Å². The summed E-state index contributed by atoms with van der Waals surface area (Å²) in [5, 5.41) is 5.30. The molecule has 0 saturated heterocycles. The Hall–Kier alpha value is -3.35. The van der Waals surface area contributed by atoms with E-state index in [1.807, 2.05) is 6.07 Å². The van der Waals surface area contributed by atoms with Gasteiger partial charge in [0.2, 0.25) is 5.91 Å². The lowest BCUT2D eigenvalue weighted by molar-refractivity contribution is -0.116. The van der Waals surface area contributed by atoms with E-state index in [0.717, 1.165) is 11.6 Å². The predicted molar refractivity (Wildman–Crippen MR) is 102 cm³/mol. The number of amides is 2. The molecular weight excluding hydrogens is 363 g/mol. The van der Waals surface area contributed by atoms with E-state index in [9.17, 15) is 14.0 Å². The fourth-order valence-corrected chi connectivity index (χ4v) is 2.94. The van der Waals surface area contributed by atoms with Gasteiger partial charge in [-0.1, -0.05) is 18.7 Å². The van der Waals surface area contributed by atoms with Crippen LogP contribution in [0.2, 0.25) is 0 Å². The van der Waals surface area contributed by atoms with Crippen LogP contribution in [0.5, 0.6) is 11.5 Å². The molecule has 0 bridgehead atoms. The van der Waals surface area contributed by atoms with Crippen molar-refractivity contribution < 1.29 is 23.5 Å². The van der Waals surface area contributed by atoms with Crippen LogP contribution in [-0.2, 0) is 24.3 Å². The number of hydrogen-bond donors (Lipinski definition) is 2. The van der Waals surface area contributed by atoms with Crippen LogP contribution >= 0.6 is 0 Å². The molecule has 0 aromatic heterocycles. The van der Waals surface area contributed by atoms with E-state index < -0.39 is 5.82 Å². The van der Waals surface area contributed by atoms with E-state index in [2.05, 4.69) is 17.2 Å². The number of methoxy groups -OCH3 is 1. The van der Waals surface area contributed by atoms with Crippen LogP contribution in [0, 0.1) is 5.82 Å². The Labute approximate surface area is 162 Å². The molecular formula is C21H21FN2O4. The molecule has 0 aliphatic carbocycles. The molecule has 1 aliphatic heterocycles. The summed E-state index contributed by atoms with van der Waals surface area (Å²) in [4.78, 5) is 23.8. The zero-order chi connectivity index (χ0) is 20.1. The van der Waals surface area contributed by atoms with Gasteiger partial charge in [-0.25, -0.2) is 4.39 Å². The minimum atomic E-state index is -0.460. The van der Waals surface area contributed by atoms with E-state index in [1.165, 1.54) is 13.2 Å². The van der Waals surface area contributed by atoms with Crippen molar-refractivity contribution in [1.29, 1.82) is 0 Å². The molecule has 2 N–H and O–H groups in total. The molecule has 28 heavy (non-hydrogen) atoms. The Balaban J connectivity index is 1.67. The van der Waals surface area contributed by atoms with Crippen LogP contribution in [0.4, 0.5) is 4.39 Å². The molecule has 2 aromatic carbocycles. The van der Waals surface area contributed by atoms with Crippen molar-refractivity contribution >= 4 is 11.8 Å². The van der Waals surface area contributed by atoms with Gasteiger partial charge in [0.05, 0.1) is 19.3 Å². The summed E-state index contributed by atoms with van der Waals surface area (Å²) in [7, 11) is 1.54. The summed E-state index contributed by atoms with van der Waals surface area (Å²) >= 11 is 0. The van der Waals surface area contributed by atoms with Gasteiger partial charge in [-0.2, -0.15) is 0 Å². The molecule has 0 saturated carbocycles. The van der Waals surface area contributed by atoms with Crippen molar-refractivity contribution in [1.82, 2.24) is 10.6 Å². The van der Waals surface area contributed by atoms with E-state index in [-0.39, 0.29) is 24.9 Å². The van der Waals surface area contributed by atoms with Crippen molar-refractivity contribution in [2.24, 2.45) is 0 Å². The third-order valence-electron chi connectivity index (χ3n) is 4.45. The number of carbonyl (C=O) groups excluding carboxylic acids is 2. The third kappa shape index (κ3) is 4.31. The maximum absolute atomic E-state index is 14.3. The highest BCUT2D eigenvalue weighted by Gasteiger charge is 2.22. The fraction of sp³-hybridized carbons (Fsp3) is 0.238. The minimum absolute atomic E-state index is 0.0238. The van der Waals surface area contributed by atoms with Gasteiger partial charge < -0.3 is 20.1 Å². The lowest BCUT2D eigenvalue weighted by Gasteiger charge is -2.12. The normalized spacial score (nSPS) is 11.9. The van der Waals surface area contributed by atoms with E-state index in [0.29, 0.717) is 41.2 Å². The largest absolute Gasteiger partial charge is 0.497 e. The van der Waals surface area contributed by atoms with Crippen molar-refractivity contribution in [2.45, 2.75) is 19.5 Å². The molecule has 7 heteroatoms. The first-order valence-electron chi connectivity index (χ1n) is 8.81. The standard InChI is InChI=1S/C21H21FN2O4/c1-3-19(25)23-11-13-4-5-15(18(22)8-13)12-24-21(26)17-10-16(27-2)9-14-6-7-28-20(14)17/h3-5,8-10H,1,6-7,11-12H2,2H3,(H,23,25)(H,24,26). The molecule has 2 amide bonds. The third-order valence-corrected chi connectivity index (χ3v) is 4.45. The van der Waals surface area contributed by atoms with Crippen molar-refractivity contribution in [2.75, 3.05) is 13.7 Å².